The molecule has 0 saturated carbocycles. The van der Waals surface area contributed by atoms with Gasteiger partial charge in [-0.1, -0.05) is 0 Å². The Kier molecular flexibility index (Phi) is 5.84. The molecule has 3 aromatic heterocycles. The molecule has 9 nitrogen and oxygen atoms in total. The lowest BCUT2D eigenvalue weighted by molar-refractivity contribution is 0.0461. The molecule has 0 aliphatic rings. The van der Waals surface area contributed by atoms with E-state index in [1.165, 1.54) is 24.3 Å². The van der Waals surface area contributed by atoms with Crippen LogP contribution in [-0.4, -0.2) is 25.5 Å². The number of nitrogens with two attached hydrogens (primary N) is 1. The van der Waals surface area contributed by atoms with Gasteiger partial charge in [-0.05, 0) is 56.3 Å². The number of hydrogen-bond donors (Lipinski definition) is 2. The van der Waals surface area contributed by atoms with Gasteiger partial charge in [-0.2, -0.15) is 15.0 Å². The van der Waals surface area contributed by atoms with Crippen LogP contribution in [0.25, 0.3) is 0 Å². The summed E-state index contributed by atoms with van der Waals surface area (Å²) in [5.41, 5.74) is 8.44. The van der Waals surface area contributed by atoms with E-state index in [2.05, 4.69) is 20.3 Å². The quantitative estimate of drug-likeness (QED) is 0.420. The van der Waals surface area contributed by atoms with Gasteiger partial charge >= 0.3 is 5.97 Å². The number of aromatic nitrogens is 4. The third-order valence-electron chi connectivity index (χ3n) is 4.82. The molecule has 0 radical (unpaired) electrons. The van der Waals surface area contributed by atoms with Crippen LogP contribution in [0.4, 0.5) is 22.0 Å². The van der Waals surface area contributed by atoms with Gasteiger partial charge in [-0.25, -0.2) is 9.18 Å². The predicted molar refractivity (Wildman–Crippen MR) is 115 cm³/mol. The fourth-order valence-corrected chi connectivity index (χ4v) is 3.24. The first-order valence-electron chi connectivity index (χ1n) is 9.78. The summed E-state index contributed by atoms with van der Waals surface area (Å²) in [7, 11) is 0. The van der Waals surface area contributed by atoms with E-state index < -0.39 is 5.97 Å². The number of halogens is 1. The van der Waals surface area contributed by atoms with Gasteiger partial charge in [0.15, 0.2) is 12.4 Å². The van der Waals surface area contributed by atoms with Crippen molar-refractivity contribution in [3.05, 3.63) is 83.1 Å². The Bertz CT molecular complexity index is 1240. The molecular weight excluding hydrogens is 415 g/mol. The Morgan fingerprint density at radius 1 is 1.19 bits per heavy atom. The lowest BCUT2D eigenvalue weighted by Crippen LogP contribution is -2.12. The number of rotatable bonds is 7. The van der Waals surface area contributed by atoms with Crippen LogP contribution in [0.15, 0.2) is 53.1 Å². The fraction of sp³-hybridized carbons (Fsp3) is 0.182. The van der Waals surface area contributed by atoms with Crippen LogP contribution in [0, 0.1) is 19.7 Å². The van der Waals surface area contributed by atoms with Gasteiger partial charge in [-0.3, -0.25) is 0 Å². The molecule has 4 rings (SSSR count). The number of nitrogens with one attached hydrogen (secondary N) is 1. The smallest absolute Gasteiger partial charge is 0.340 e. The third-order valence-corrected chi connectivity index (χ3v) is 4.82. The van der Waals surface area contributed by atoms with E-state index in [9.17, 15) is 9.18 Å². The van der Waals surface area contributed by atoms with Crippen molar-refractivity contribution in [2.45, 2.75) is 27.0 Å². The first-order chi connectivity index (χ1) is 15.4. The maximum absolute atomic E-state index is 13.1. The van der Waals surface area contributed by atoms with Crippen LogP contribution in [0.5, 0.6) is 0 Å². The zero-order chi connectivity index (χ0) is 22.7. The fourth-order valence-electron chi connectivity index (χ4n) is 3.24. The number of carbonyl (C=O) groups is 1. The van der Waals surface area contributed by atoms with Crippen molar-refractivity contribution in [3.63, 3.8) is 0 Å². The minimum atomic E-state index is -0.504. The molecule has 0 amide bonds. The normalized spacial score (nSPS) is 10.8. The Morgan fingerprint density at radius 3 is 2.69 bits per heavy atom. The molecule has 4 aromatic rings. The summed E-state index contributed by atoms with van der Waals surface area (Å²) in [4.78, 5) is 24.9. The highest BCUT2D eigenvalue weighted by Gasteiger charge is 2.18. The van der Waals surface area contributed by atoms with Crippen molar-refractivity contribution < 1.29 is 18.3 Å². The van der Waals surface area contributed by atoms with Crippen LogP contribution in [-0.2, 0) is 17.9 Å². The second-order valence-corrected chi connectivity index (χ2v) is 7.09. The van der Waals surface area contributed by atoms with Crippen LogP contribution in [0.1, 0.15) is 33.3 Å². The molecule has 164 valence electrons. The van der Waals surface area contributed by atoms with E-state index in [0.29, 0.717) is 17.8 Å². The average molecular weight is 436 g/mol. The number of ether oxygens (including phenoxy) is 1. The second kappa shape index (κ2) is 8.88. The molecule has 0 spiro atoms. The van der Waals surface area contributed by atoms with Crippen LogP contribution >= 0.6 is 0 Å². The highest BCUT2D eigenvalue weighted by molar-refractivity contribution is 5.91. The summed E-state index contributed by atoms with van der Waals surface area (Å²) in [5, 5.41) is 2.91. The van der Waals surface area contributed by atoms with Crippen molar-refractivity contribution in [3.8, 4) is 0 Å². The molecule has 32 heavy (non-hydrogen) atoms. The zero-order valence-corrected chi connectivity index (χ0v) is 17.5. The van der Waals surface area contributed by atoms with Gasteiger partial charge in [0.1, 0.15) is 11.6 Å². The third kappa shape index (κ3) is 4.75. The largest absolute Gasteiger partial charge is 0.467 e. The minimum absolute atomic E-state index is 0.0349. The van der Waals surface area contributed by atoms with E-state index in [4.69, 9.17) is 14.9 Å². The van der Waals surface area contributed by atoms with Crippen molar-refractivity contribution in [2.75, 3.05) is 11.1 Å². The van der Waals surface area contributed by atoms with Gasteiger partial charge in [-0.15, -0.1) is 0 Å². The summed E-state index contributed by atoms with van der Waals surface area (Å²) in [6.07, 6.45) is 1.61. The monoisotopic (exact) mass is 436 g/mol. The molecule has 3 N–H and O–H groups in total. The summed E-state index contributed by atoms with van der Waals surface area (Å²) in [6, 6.07) is 11.1. The summed E-state index contributed by atoms with van der Waals surface area (Å²) in [6.45, 7) is 4.08. The topological polar surface area (TPSA) is 121 Å². The molecule has 1 aromatic carbocycles. The average Bonchev–Trinajstić information content (AvgIpc) is 3.37. The standard InChI is InChI=1S/C22H21FN6O3/c1-13-10-18(14(2)29(13)11-17-4-3-9-31-17)20(30)32-12-19-26-21(24)28-22(27-19)25-16-7-5-15(23)6-8-16/h3-10H,11-12H2,1-2H3,(H3,24,25,26,27,28). The molecule has 0 atom stereocenters. The number of benzene rings is 1. The van der Waals surface area contributed by atoms with E-state index in [-0.39, 0.29) is 30.1 Å². The Hall–Kier alpha value is -4.21. The summed E-state index contributed by atoms with van der Waals surface area (Å²) >= 11 is 0. The maximum atomic E-state index is 13.1. The summed E-state index contributed by atoms with van der Waals surface area (Å²) in [5.74, 6) is 0.227. The first-order valence-corrected chi connectivity index (χ1v) is 9.78. The van der Waals surface area contributed by atoms with Crippen molar-refractivity contribution in [1.82, 2.24) is 19.5 Å². The molecule has 3 heterocycles. The molecule has 0 aliphatic carbocycles. The lowest BCUT2D eigenvalue weighted by Gasteiger charge is -2.09. The highest BCUT2D eigenvalue weighted by atomic mass is 19.1. The molecule has 10 heteroatoms. The highest BCUT2D eigenvalue weighted by Crippen LogP contribution is 2.19. The van der Waals surface area contributed by atoms with E-state index in [1.54, 1.807) is 12.3 Å². The number of esters is 1. The number of furan rings is 1. The van der Waals surface area contributed by atoms with Crippen LogP contribution < -0.4 is 11.1 Å². The van der Waals surface area contributed by atoms with Crippen molar-refractivity contribution in [2.24, 2.45) is 0 Å². The number of nitrogen functional groups attached to an aromatic ring is 1. The molecular formula is C22H21FN6O3. The number of carbonyl (C=O) groups excluding carboxylic acids is 1. The molecule has 0 aliphatic heterocycles. The molecule has 0 fully saturated rings. The van der Waals surface area contributed by atoms with Gasteiger partial charge in [0.25, 0.3) is 0 Å². The van der Waals surface area contributed by atoms with Gasteiger partial charge < -0.3 is 24.8 Å². The number of nitrogens with zero attached hydrogens (tertiary/aromatic N) is 4. The van der Waals surface area contributed by atoms with E-state index >= 15 is 0 Å². The first kappa shape index (κ1) is 21.0. The number of aryl methyl sites for hydroxylation is 1. The molecule has 0 unspecified atom stereocenters. The van der Waals surface area contributed by atoms with E-state index in [0.717, 1.165) is 17.1 Å². The maximum Gasteiger partial charge on any atom is 0.340 e. The minimum Gasteiger partial charge on any atom is -0.467 e. The predicted octanol–water partition coefficient (Wildman–Crippen LogP) is 3.75. The van der Waals surface area contributed by atoms with Gasteiger partial charge in [0.05, 0.1) is 18.4 Å². The van der Waals surface area contributed by atoms with Crippen LogP contribution in [0.2, 0.25) is 0 Å². The van der Waals surface area contributed by atoms with Gasteiger partial charge in [0.2, 0.25) is 11.9 Å². The van der Waals surface area contributed by atoms with E-state index in [1.807, 2.05) is 30.5 Å². The van der Waals surface area contributed by atoms with Crippen LogP contribution in [0.3, 0.4) is 0 Å². The Morgan fingerprint density at radius 2 is 1.97 bits per heavy atom. The van der Waals surface area contributed by atoms with Crippen molar-refractivity contribution >= 4 is 23.6 Å². The molecule has 0 bridgehead atoms. The van der Waals surface area contributed by atoms with Crippen molar-refractivity contribution in [1.29, 1.82) is 0 Å². The SMILES string of the molecule is Cc1cc(C(=O)OCc2nc(N)nc(Nc3ccc(F)cc3)n2)c(C)n1Cc1ccco1. The lowest BCUT2D eigenvalue weighted by atomic mass is 10.2. The van der Waals surface area contributed by atoms with Gasteiger partial charge in [0, 0.05) is 17.1 Å². The number of anilines is 3. The Labute approximate surface area is 183 Å². The number of hydrogen-bond acceptors (Lipinski definition) is 8. The molecule has 0 saturated heterocycles. The Balaban J connectivity index is 1.45. The zero-order valence-electron chi connectivity index (χ0n) is 17.5. The second-order valence-electron chi connectivity index (χ2n) is 7.09. The summed E-state index contributed by atoms with van der Waals surface area (Å²) < 4.78 is 25.9.